The topological polar surface area (TPSA) is 63.6 Å². The van der Waals surface area contributed by atoms with Crippen molar-refractivity contribution in [2.75, 3.05) is 0 Å². The van der Waals surface area contributed by atoms with E-state index in [2.05, 4.69) is 4.74 Å². The molecule has 4 nitrogen and oxygen atoms in total. The fourth-order valence-electron chi connectivity index (χ4n) is 2.66. The number of alkyl halides is 8. The van der Waals surface area contributed by atoms with E-state index < -0.39 is 48.2 Å². The summed E-state index contributed by atoms with van der Waals surface area (Å²) in [5.74, 6) is -24.1. The number of carbonyl (C=O) groups excluding carboxylic acids is 1. The summed E-state index contributed by atoms with van der Waals surface area (Å²) in [6.07, 6.45) is -6.74. The van der Waals surface area contributed by atoms with E-state index >= 15 is 0 Å². The first-order valence-electron chi connectivity index (χ1n) is 7.79. The molecule has 156 valence electrons. The number of carboxylic acids is 1. The van der Waals surface area contributed by atoms with E-state index in [4.69, 9.17) is 5.11 Å². The van der Waals surface area contributed by atoms with Crippen LogP contribution in [0.25, 0.3) is 0 Å². The molecule has 1 fully saturated rings. The number of rotatable bonds is 8. The van der Waals surface area contributed by atoms with Crippen LogP contribution in [0.4, 0.5) is 35.1 Å². The maximum absolute atomic E-state index is 13.8. The largest absolute Gasteiger partial charge is 0.478 e. The van der Waals surface area contributed by atoms with Crippen molar-refractivity contribution in [2.45, 2.75) is 62.4 Å². The molecule has 0 amide bonds. The number of esters is 1. The third kappa shape index (κ3) is 5.10. The van der Waals surface area contributed by atoms with Crippen LogP contribution < -0.4 is 0 Å². The van der Waals surface area contributed by atoms with Gasteiger partial charge in [0.2, 0.25) is 0 Å². The Labute approximate surface area is 148 Å². The van der Waals surface area contributed by atoms with Crippen molar-refractivity contribution >= 4 is 11.9 Å². The Kier molecular flexibility index (Phi) is 6.87. The van der Waals surface area contributed by atoms with Crippen LogP contribution in [0.1, 0.15) is 38.5 Å². The summed E-state index contributed by atoms with van der Waals surface area (Å²) in [7, 11) is 0. The summed E-state index contributed by atoms with van der Waals surface area (Å²) in [4.78, 5) is 21.0. The molecular formula is C15H16F8O4. The molecule has 1 saturated carbocycles. The molecule has 0 heterocycles. The molecule has 0 spiro atoms. The predicted octanol–water partition coefficient (Wildman–Crippen LogP) is 4.64. The van der Waals surface area contributed by atoms with E-state index in [-0.39, 0.29) is 25.0 Å². The molecule has 0 atom stereocenters. The summed E-state index contributed by atoms with van der Waals surface area (Å²) in [6.45, 7) is 0. The van der Waals surface area contributed by atoms with Gasteiger partial charge in [0.1, 0.15) is 0 Å². The van der Waals surface area contributed by atoms with Crippen LogP contribution in [0.3, 0.4) is 0 Å². The highest BCUT2D eigenvalue weighted by Gasteiger charge is 2.82. The lowest BCUT2D eigenvalue weighted by Gasteiger charge is -2.37. The number of carbonyl (C=O) groups is 2. The van der Waals surface area contributed by atoms with Gasteiger partial charge >= 0.3 is 35.8 Å². The Hall–Kier alpha value is -1.88. The lowest BCUT2D eigenvalue weighted by Crippen LogP contribution is -2.63. The van der Waals surface area contributed by atoms with Gasteiger partial charge in [0, 0.05) is 18.6 Å². The molecule has 27 heavy (non-hydrogen) atoms. The fourth-order valence-corrected chi connectivity index (χ4v) is 2.66. The SMILES string of the molecule is O=C(O)/C=C/C(=O)OC(F)(F)C(F)(F)C(F)(F)C(F)(F)CC1CCCCC1. The van der Waals surface area contributed by atoms with Gasteiger partial charge in [-0.1, -0.05) is 32.1 Å². The van der Waals surface area contributed by atoms with Crippen LogP contribution in [0.5, 0.6) is 0 Å². The number of carboxylic acid groups (broad SMARTS) is 1. The molecule has 0 saturated heterocycles. The first-order valence-corrected chi connectivity index (χ1v) is 7.79. The van der Waals surface area contributed by atoms with Crippen molar-refractivity contribution in [3.8, 4) is 0 Å². The third-order valence-electron chi connectivity index (χ3n) is 4.08. The van der Waals surface area contributed by atoms with Gasteiger partial charge in [-0.15, -0.1) is 0 Å². The molecular weight excluding hydrogens is 396 g/mol. The summed E-state index contributed by atoms with van der Waals surface area (Å²) in [5, 5.41) is 8.16. The van der Waals surface area contributed by atoms with E-state index in [1.165, 1.54) is 0 Å². The quantitative estimate of drug-likeness (QED) is 0.359. The molecule has 1 rings (SSSR count). The third-order valence-corrected chi connectivity index (χ3v) is 4.08. The second kappa shape index (κ2) is 8.01. The Balaban J connectivity index is 3.01. The smallest absolute Gasteiger partial charge is 0.473 e. The van der Waals surface area contributed by atoms with Gasteiger partial charge in [0.15, 0.2) is 0 Å². The maximum Gasteiger partial charge on any atom is 0.473 e. The first kappa shape index (κ1) is 23.2. The Morgan fingerprint density at radius 3 is 1.89 bits per heavy atom. The molecule has 0 radical (unpaired) electrons. The summed E-state index contributed by atoms with van der Waals surface area (Å²) < 4.78 is 112. The van der Waals surface area contributed by atoms with Crippen molar-refractivity contribution < 1.29 is 54.6 Å². The van der Waals surface area contributed by atoms with E-state index in [0.29, 0.717) is 19.3 Å². The molecule has 0 aromatic heterocycles. The minimum absolute atomic E-state index is 0.0720. The zero-order valence-electron chi connectivity index (χ0n) is 13.7. The van der Waals surface area contributed by atoms with Crippen molar-refractivity contribution in [1.29, 1.82) is 0 Å². The molecule has 1 aliphatic rings. The number of halogens is 8. The molecule has 1 aliphatic carbocycles. The summed E-state index contributed by atoms with van der Waals surface area (Å²) >= 11 is 0. The normalized spacial score (nSPS) is 17.9. The van der Waals surface area contributed by atoms with Crippen molar-refractivity contribution in [3.63, 3.8) is 0 Å². The highest BCUT2D eigenvalue weighted by atomic mass is 19.4. The minimum atomic E-state index is -6.75. The molecule has 0 aromatic carbocycles. The molecule has 1 N–H and O–H groups in total. The van der Waals surface area contributed by atoms with Gasteiger partial charge in [-0.3, -0.25) is 0 Å². The molecule has 12 heteroatoms. The first-order chi connectivity index (χ1) is 12.1. The molecule has 0 bridgehead atoms. The Bertz CT molecular complexity index is 582. The fraction of sp³-hybridized carbons (Fsp3) is 0.733. The number of ether oxygens (including phenoxy) is 1. The van der Waals surface area contributed by atoms with Gasteiger partial charge in [-0.2, -0.15) is 35.1 Å². The lowest BCUT2D eigenvalue weighted by molar-refractivity contribution is -0.417. The van der Waals surface area contributed by atoms with Crippen LogP contribution in [-0.2, 0) is 14.3 Å². The summed E-state index contributed by atoms with van der Waals surface area (Å²) in [6, 6.07) is 0. The van der Waals surface area contributed by atoms with Gasteiger partial charge in [0.25, 0.3) is 0 Å². The lowest BCUT2D eigenvalue weighted by atomic mass is 9.83. The van der Waals surface area contributed by atoms with E-state index in [9.17, 15) is 44.7 Å². The Morgan fingerprint density at radius 2 is 1.41 bits per heavy atom. The Morgan fingerprint density at radius 1 is 0.889 bits per heavy atom. The monoisotopic (exact) mass is 412 g/mol. The van der Waals surface area contributed by atoms with Crippen molar-refractivity contribution in [3.05, 3.63) is 12.2 Å². The van der Waals surface area contributed by atoms with Crippen LogP contribution in [0.15, 0.2) is 12.2 Å². The molecule has 0 aliphatic heterocycles. The minimum Gasteiger partial charge on any atom is -0.478 e. The predicted molar refractivity (Wildman–Crippen MR) is 73.8 cm³/mol. The average molecular weight is 412 g/mol. The van der Waals surface area contributed by atoms with Crippen LogP contribution >= 0.6 is 0 Å². The molecule has 0 unspecified atom stereocenters. The van der Waals surface area contributed by atoms with Gasteiger partial charge in [-0.05, 0) is 5.92 Å². The van der Waals surface area contributed by atoms with Crippen molar-refractivity contribution in [2.24, 2.45) is 5.92 Å². The zero-order chi connectivity index (χ0) is 21.1. The van der Waals surface area contributed by atoms with E-state index in [1.807, 2.05) is 0 Å². The standard InChI is InChI=1S/C15H16F8O4/c16-12(17,8-9-4-2-1-3-5-9)13(18,19)14(20,21)15(22,23)27-11(26)7-6-10(24)25/h6-7,9H,1-5,8H2,(H,24,25)/b7-6+. The number of hydrogen-bond acceptors (Lipinski definition) is 3. The number of aliphatic carboxylic acids is 1. The average Bonchev–Trinajstić information content (AvgIpc) is 2.52. The number of hydrogen-bond donors (Lipinski definition) is 1. The van der Waals surface area contributed by atoms with E-state index in [0.717, 1.165) is 0 Å². The van der Waals surface area contributed by atoms with Crippen LogP contribution in [0.2, 0.25) is 0 Å². The van der Waals surface area contributed by atoms with Gasteiger partial charge in [0.05, 0.1) is 0 Å². The van der Waals surface area contributed by atoms with Crippen LogP contribution in [-0.4, -0.2) is 40.9 Å². The van der Waals surface area contributed by atoms with Gasteiger partial charge in [-0.25, -0.2) is 9.59 Å². The zero-order valence-corrected chi connectivity index (χ0v) is 13.7. The molecule has 0 aromatic rings. The van der Waals surface area contributed by atoms with Gasteiger partial charge < -0.3 is 9.84 Å². The van der Waals surface area contributed by atoms with Crippen LogP contribution in [0, 0.1) is 5.92 Å². The summed E-state index contributed by atoms with van der Waals surface area (Å²) in [5.41, 5.74) is 0. The second-order valence-corrected chi connectivity index (χ2v) is 6.17. The highest BCUT2D eigenvalue weighted by Crippen LogP contribution is 2.55. The highest BCUT2D eigenvalue weighted by molar-refractivity contribution is 5.90. The maximum atomic E-state index is 13.8. The second-order valence-electron chi connectivity index (χ2n) is 6.17. The van der Waals surface area contributed by atoms with Crippen molar-refractivity contribution in [1.82, 2.24) is 0 Å². The van der Waals surface area contributed by atoms with E-state index in [1.54, 1.807) is 0 Å².